The van der Waals surface area contributed by atoms with E-state index in [1.54, 1.807) is 6.92 Å². The highest BCUT2D eigenvalue weighted by molar-refractivity contribution is 6.28. The van der Waals surface area contributed by atoms with Crippen LogP contribution in [-0.2, 0) is 15.7 Å². The van der Waals surface area contributed by atoms with Crippen LogP contribution in [0.15, 0.2) is 48.5 Å². The van der Waals surface area contributed by atoms with Crippen LogP contribution >= 0.6 is 11.6 Å². The highest BCUT2D eigenvalue weighted by Crippen LogP contribution is 2.33. The van der Waals surface area contributed by atoms with E-state index in [0.29, 0.717) is 0 Å². The molecule has 1 atom stereocenters. The first kappa shape index (κ1) is 19.8. The number of carbonyl (C=O) groups excluding carboxylic acids is 2. The third-order valence-corrected chi connectivity index (χ3v) is 3.57. The molecular formula is C18H14ClF3O4. The fraction of sp³-hybridized carbons (Fsp3) is 0.222. The van der Waals surface area contributed by atoms with E-state index in [1.165, 1.54) is 36.4 Å². The second kappa shape index (κ2) is 8.23. The van der Waals surface area contributed by atoms with Crippen LogP contribution in [0.4, 0.5) is 13.2 Å². The van der Waals surface area contributed by atoms with Gasteiger partial charge >= 0.3 is 12.1 Å². The molecule has 0 heterocycles. The zero-order valence-electron chi connectivity index (χ0n) is 13.5. The van der Waals surface area contributed by atoms with Gasteiger partial charge in [0.15, 0.2) is 5.78 Å². The number of ether oxygens (including phenoxy) is 2. The number of ketones is 1. The van der Waals surface area contributed by atoms with Crippen molar-refractivity contribution >= 4 is 23.4 Å². The molecule has 0 bridgehead atoms. The average Bonchev–Trinajstić information content (AvgIpc) is 2.61. The van der Waals surface area contributed by atoms with Gasteiger partial charge in [0.2, 0.25) is 0 Å². The lowest BCUT2D eigenvalue weighted by Gasteiger charge is -2.13. The van der Waals surface area contributed by atoms with Crippen molar-refractivity contribution in [3.8, 4) is 5.75 Å². The smallest absolute Gasteiger partial charge is 0.417 e. The molecule has 138 valence electrons. The van der Waals surface area contributed by atoms with Crippen LogP contribution in [0.25, 0.3) is 0 Å². The molecule has 8 heteroatoms. The number of hydrogen-bond donors (Lipinski definition) is 0. The predicted octanol–water partition coefficient (Wildman–Crippen LogP) is 4.44. The minimum absolute atomic E-state index is 0.0382. The van der Waals surface area contributed by atoms with Crippen LogP contribution in [0.1, 0.15) is 28.4 Å². The zero-order valence-corrected chi connectivity index (χ0v) is 14.3. The zero-order chi connectivity index (χ0) is 19.3. The van der Waals surface area contributed by atoms with Gasteiger partial charge in [-0.1, -0.05) is 29.8 Å². The van der Waals surface area contributed by atoms with Crippen molar-refractivity contribution in [2.75, 3.05) is 6.61 Å². The second-order valence-corrected chi connectivity index (χ2v) is 5.48. The summed E-state index contributed by atoms with van der Waals surface area (Å²) in [5.41, 5.74) is -2.79. The van der Waals surface area contributed by atoms with Crippen molar-refractivity contribution < 1.29 is 32.2 Å². The van der Waals surface area contributed by atoms with Crippen molar-refractivity contribution in [1.82, 2.24) is 0 Å². The molecule has 2 aromatic rings. The summed E-state index contributed by atoms with van der Waals surface area (Å²) in [6, 6.07) is 9.78. The van der Waals surface area contributed by atoms with Gasteiger partial charge in [-0.2, -0.15) is 13.2 Å². The maximum Gasteiger partial charge on any atom is 0.417 e. The van der Waals surface area contributed by atoms with Crippen LogP contribution in [0, 0.1) is 0 Å². The van der Waals surface area contributed by atoms with Crippen molar-refractivity contribution in [2.45, 2.75) is 18.7 Å². The number of rotatable bonds is 6. The third-order valence-electron chi connectivity index (χ3n) is 3.31. The summed E-state index contributed by atoms with van der Waals surface area (Å²) >= 11 is 5.73. The van der Waals surface area contributed by atoms with Crippen molar-refractivity contribution in [1.29, 1.82) is 0 Å². The molecule has 0 fully saturated rings. The molecular weight excluding hydrogens is 373 g/mol. The van der Waals surface area contributed by atoms with Crippen LogP contribution < -0.4 is 4.74 Å². The molecule has 0 aliphatic carbocycles. The first-order valence-corrected chi connectivity index (χ1v) is 7.96. The number of hydrogen-bond acceptors (Lipinski definition) is 4. The highest BCUT2D eigenvalue weighted by atomic mass is 35.5. The Hall–Kier alpha value is -2.54. The number of benzene rings is 2. The molecule has 2 aromatic carbocycles. The number of carbonyl (C=O) groups is 2. The van der Waals surface area contributed by atoms with E-state index in [4.69, 9.17) is 16.3 Å². The summed E-state index contributed by atoms with van der Waals surface area (Å²) in [7, 11) is 0. The lowest BCUT2D eigenvalue weighted by Crippen LogP contribution is -2.23. The van der Waals surface area contributed by atoms with Gasteiger partial charge in [0.05, 0.1) is 12.2 Å². The summed E-state index contributed by atoms with van der Waals surface area (Å²) < 4.78 is 49.0. The van der Waals surface area contributed by atoms with Crippen molar-refractivity contribution in [3.05, 3.63) is 65.2 Å². The Bertz CT molecular complexity index is 788. The number of halogens is 4. The number of alkyl halides is 4. The Morgan fingerprint density at radius 2 is 1.69 bits per heavy atom. The highest BCUT2D eigenvalue weighted by Gasteiger charge is 2.35. The van der Waals surface area contributed by atoms with E-state index < -0.39 is 34.6 Å². The molecule has 1 unspecified atom stereocenters. The minimum Gasteiger partial charge on any atom is -0.463 e. The molecule has 0 saturated heterocycles. The molecule has 0 spiro atoms. The molecule has 4 nitrogen and oxygen atoms in total. The van der Waals surface area contributed by atoms with Gasteiger partial charge in [-0.15, -0.1) is 0 Å². The van der Waals surface area contributed by atoms with Crippen LogP contribution in [0.2, 0.25) is 0 Å². The van der Waals surface area contributed by atoms with Gasteiger partial charge in [-0.3, -0.25) is 4.79 Å². The minimum atomic E-state index is -4.64. The van der Waals surface area contributed by atoms with Crippen molar-refractivity contribution in [2.24, 2.45) is 0 Å². The molecule has 0 N–H and O–H groups in total. The molecule has 2 rings (SSSR count). The Morgan fingerprint density at radius 3 is 2.27 bits per heavy atom. The molecule has 26 heavy (non-hydrogen) atoms. The lowest BCUT2D eigenvalue weighted by molar-refractivity contribution is -0.147. The maximum atomic E-state index is 13.0. The van der Waals surface area contributed by atoms with Gasteiger partial charge < -0.3 is 9.47 Å². The normalized spacial score (nSPS) is 12.3. The van der Waals surface area contributed by atoms with E-state index in [0.717, 1.165) is 12.1 Å². The Labute approximate surface area is 152 Å². The standard InChI is InChI=1S/C18H14ClF3O4/c1-2-25-17(24)16(19)26-12-9-7-11(8-10-12)15(23)13-5-3-4-6-14(13)18(20,21)22/h3-10,16H,2H2,1H3. The largest absolute Gasteiger partial charge is 0.463 e. The molecule has 0 radical (unpaired) electrons. The summed E-state index contributed by atoms with van der Waals surface area (Å²) in [4.78, 5) is 23.8. The Kier molecular flexibility index (Phi) is 6.26. The van der Waals surface area contributed by atoms with E-state index in [1.807, 2.05) is 0 Å². The fourth-order valence-corrected chi connectivity index (χ4v) is 2.31. The Morgan fingerprint density at radius 1 is 1.08 bits per heavy atom. The lowest BCUT2D eigenvalue weighted by atomic mass is 9.98. The molecule has 0 amide bonds. The van der Waals surface area contributed by atoms with E-state index in [2.05, 4.69) is 4.74 Å². The first-order valence-electron chi connectivity index (χ1n) is 7.52. The summed E-state index contributed by atoms with van der Waals surface area (Å²) in [6.45, 7) is 1.75. The van der Waals surface area contributed by atoms with E-state index in [9.17, 15) is 22.8 Å². The quantitative estimate of drug-likeness (QED) is 0.418. The van der Waals surface area contributed by atoms with Gasteiger partial charge in [0.1, 0.15) is 5.75 Å². The monoisotopic (exact) mass is 386 g/mol. The van der Waals surface area contributed by atoms with Gasteiger partial charge in [0, 0.05) is 11.1 Å². The van der Waals surface area contributed by atoms with Crippen LogP contribution in [0.5, 0.6) is 5.75 Å². The fourth-order valence-electron chi connectivity index (χ4n) is 2.14. The summed E-state index contributed by atoms with van der Waals surface area (Å²) in [5.74, 6) is -1.38. The van der Waals surface area contributed by atoms with Gasteiger partial charge in [0.25, 0.3) is 5.56 Å². The summed E-state index contributed by atoms with van der Waals surface area (Å²) in [6.07, 6.45) is -4.64. The molecule has 0 aliphatic rings. The maximum absolute atomic E-state index is 13.0. The van der Waals surface area contributed by atoms with E-state index in [-0.39, 0.29) is 17.9 Å². The topological polar surface area (TPSA) is 52.6 Å². The first-order chi connectivity index (χ1) is 12.2. The molecule has 0 aliphatic heterocycles. The SMILES string of the molecule is CCOC(=O)C(Cl)Oc1ccc(C(=O)c2ccccc2C(F)(F)F)cc1. The molecule has 0 saturated carbocycles. The van der Waals surface area contributed by atoms with Gasteiger partial charge in [-0.05, 0) is 37.3 Å². The second-order valence-electron chi connectivity index (χ2n) is 5.08. The van der Waals surface area contributed by atoms with Crippen molar-refractivity contribution in [3.63, 3.8) is 0 Å². The predicted molar refractivity (Wildman–Crippen MR) is 88.2 cm³/mol. The number of esters is 1. The average molecular weight is 387 g/mol. The van der Waals surface area contributed by atoms with E-state index >= 15 is 0 Å². The van der Waals surface area contributed by atoms with Crippen LogP contribution in [-0.4, -0.2) is 23.9 Å². The molecule has 0 aromatic heterocycles. The summed E-state index contributed by atoms with van der Waals surface area (Å²) in [5, 5.41) is 0. The van der Waals surface area contributed by atoms with Gasteiger partial charge in [-0.25, -0.2) is 4.79 Å². The third kappa shape index (κ3) is 4.76. The Balaban J connectivity index is 2.19. The van der Waals surface area contributed by atoms with Crippen LogP contribution in [0.3, 0.4) is 0 Å².